The van der Waals surface area contributed by atoms with E-state index in [1.807, 2.05) is 6.92 Å². The van der Waals surface area contributed by atoms with Gasteiger partial charge in [-0.15, -0.1) is 0 Å². The zero-order chi connectivity index (χ0) is 30.9. The van der Waals surface area contributed by atoms with E-state index >= 15 is 0 Å². The Bertz CT molecular complexity index is 1160. The minimum absolute atomic E-state index is 0.0142. The van der Waals surface area contributed by atoms with Gasteiger partial charge in [0, 0.05) is 18.6 Å². The molecule has 236 valence electrons. The molecule has 5 aliphatic carbocycles. The monoisotopic (exact) mass is 583 g/mol. The second-order valence-electron chi connectivity index (χ2n) is 16.7. The summed E-state index contributed by atoms with van der Waals surface area (Å²) in [5, 5.41) is 3.02. The van der Waals surface area contributed by atoms with E-state index in [0.717, 1.165) is 51.4 Å². The van der Waals surface area contributed by atoms with Gasteiger partial charge in [-0.25, -0.2) is 0 Å². The van der Waals surface area contributed by atoms with Crippen LogP contribution in [0.3, 0.4) is 0 Å². The minimum Gasteiger partial charge on any atom is -0.469 e. The lowest BCUT2D eigenvalue weighted by Crippen LogP contribution is -2.66. The van der Waals surface area contributed by atoms with Gasteiger partial charge in [-0.3, -0.25) is 14.4 Å². The van der Waals surface area contributed by atoms with E-state index in [0.29, 0.717) is 32.1 Å². The largest absolute Gasteiger partial charge is 0.469 e. The Morgan fingerprint density at radius 1 is 0.952 bits per heavy atom. The molecule has 4 unspecified atom stereocenters. The molecule has 4 fully saturated rings. The van der Waals surface area contributed by atoms with Crippen LogP contribution >= 0.6 is 0 Å². The summed E-state index contributed by atoms with van der Waals surface area (Å²) >= 11 is 0. The van der Waals surface area contributed by atoms with Crippen molar-refractivity contribution in [3.05, 3.63) is 11.6 Å². The molecule has 0 aromatic rings. The highest BCUT2D eigenvalue weighted by Gasteiger charge is 2.70. The molecule has 0 spiro atoms. The van der Waals surface area contributed by atoms with Crippen LogP contribution in [0.5, 0.6) is 0 Å². The molecular weight excluding hydrogens is 526 g/mol. The summed E-state index contributed by atoms with van der Waals surface area (Å²) in [5.41, 5.74) is 0.590. The Hall–Kier alpha value is -1.69. The van der Waals surface area contributed by atoms with E-state index in [1.54, 1.807) is 7.11 Å². The Labute approximate surface area is 254 Å². The molecule has 4 saturated carbocycles. The molecular formula is C36H57NO5. The fourth-order valence-corrected chi connectivity index (χ4v) is 11.5. The maximum atomic E-state index is 13.9. The molecule has 8 atom stereocenters. The molecule has 5 aliphatic rings. The Morgan fingerprint density at radius 3 is 2.31 bits per heavy atom. The van der Waals surface area contributed by atoms with E-state index in [1.165, 1.54) is 5.57 Å². The van der Waals surface area contributed by atoms with Gasteiger partial charge in [-0.2, -0.15) is 0 Å². The molecule has 0 heterocycles. The summed E-state index contributed by atoms with van der Waals surface area (Å²) in [5.74, 6) is 0.150. The molecule has 0 radical (unpaired) electrons. The average molecular weight is 584 g/mol. The van der Waals surface area contributed by atoms with Crippen molar-refractivity contribution >= 4 is 17.7 Å². The summed E-state index contributed by atoms with van der Waals surface area (Å²) in [6.07, 6.45) is 11.0. The second kappa shape index (κ2) is 10.4. The molecule has 0 saturated heterocycles. The standard InChI is InChI=1S/C36H57NO5/c1-10-42-20-19-37-29(39)23-21-33(6)26(32(4,5)28(23)38)13-14-35(8)27(33)12-11-24-25-22-31(2,3)15-17-36(25,30(40)41-9)18-16-34(24,35)7/h11,23,25-27H,10,12-22H2,1-9H3,(H,37,39)/t23?,25?,26?,27?,33-,34+,35+,36-/m0/s1. The van der Waals surface area contributed by atoms with E-state index in [-0.39, 0.29) is 51.2 Å². The summed E-state index contributed by atoms with van der Waals surface area (Å²) < 4.78 is 10.9. The summed E-state index contributed by atoms with van der Waals surface area (Å²) in [6, 6.07) is 0. The molecule has 0 aromatic carbocycles. The molecule has 0 aromatic heterocycles. The molecule has 6 heteroatoms. The lowest BCUT2D eigenvalue weighted by molar-refractivity contribution is -0.196. The van der Waals surface area contributed by atoms with Crippen LogP contribution in [-0.2, 0) is 23.9 Å². The number of fused-ring (bicyclic) bond motifs is 7. The molecule has 0 aliphatic heterocycles. The van der Waals surface area contributed by atoms with Crippen molar-refractivity contribution in [1.82, 2.24) is 5.32 Å². The van der Waals surface area contributed by atoms with E-state index < -0.39 is 16.7 Å². The van der Waals surface area contributed by atoms with Crippen molar-refractivity contribution in [2.24, 2.45) is 56.2 Å². The quantitative estimate of drug-likeness (QED) is 0.159. The van der Waals surface area contributed by atoms with E-state index in [4.69, 9.17) is 9.47 Å². The fourth-order valence-electron chi connectivity index (χ4n) is 11.5. The summed E-state index contributed by atoms with van der Waals surface area (Å²) in [4.78, 5) is 40.9. The third-order valence-electron chi connectivity index (χ3n) is 14.0. The van der Waals surface area contributed by atoms with Crippen LogP contribution in [0.1, 0.15) is 113 Å². The minimum atomic E-state index is -0.624. The lowest BCUT2D eigenvalue weighted by Gasteiger charge is -2.71. The van der Waals surface area contributed by atoms with Crippen molar-refractivity contribution in [2.75, 3.05) is 26.9 Å². The molecule has 0 bridgehead atoms. The van der Waals surface area contributed by atoms with Crippen molar-refractivity contribution < 1.29 is 23.9 Å². The number of carbonyl (C=O) groups excluding carboxylic acids is 3. The number of esters is 1. The topological polar surface area (TPSA) is 81.7 Å². The van der Waals surface area contributed by atoms with Crippen LogP contribution in [0.2, 0.25) is 0 Å². The number of hydrogen-bond donors (Lipinski definition) is 1. The first-order valence-corrected chi connectivity index (χ1v) is 16.7. The van der Waals surface area contributed by atoms with Gasteiger partial charge in [0.2, 0.25) is 5.91 Å². The normalized spacial score (nSPS) is 43.5. The zero-order valence-electron chi connectivity index (χ0n) is 27.9. The van der Waals surface area contributed by atoms with Gasteiger partial charge in [0.25, 0.3) is 0 Å². The first kappa shape index (κ1) is 31.7. The maximum Gasteiger partial charge on any atom is 0.312 e. The molecule has 42 heavy (non-hydrogen) atoms. The van der Waals surface area contributed by atoms with Gasteiger partial charge in [-0.1, -0.05) is 60.1 Å². The average Bonchev–Trinajstić information content (AvgIpc) is 2.92. The third-order valence-corrected chi connectivity index (χ3v) is 14.0. The van der Waals surface area contributed by atoms with E-state index in [9.17, 15) is 14.4 Å². The third kappa shape index (κ3) is 4.38. The van der Waals surface area contributed by atoms with Gasteiger partial charge in [0.05, 0.1) is 25.0 Å². The smallest absolute Gasteiger partial charge is 0.312 e. The molecule has 1 amide bonds. The Balaban J connectivity index is 1.53. The number of carbonyl (C=O) groups is 3. The van der Waals surface area contributed by atoms with Crippen molar-refractivity contribution in [2.45, 2.75) is 113 Å². The van der Waals surface area contributed by atoms with Gasteiger partial charge in [-0.05, 0) is 104 Å². The highest BCUT2D eigenvalue weighted by molar-refractivity contribution is 6.04. The van der Waals surface area contributed by atoms with Crippen LogP contribution in [0.4, 0.5) is 0 Å². The number of nitrogens with one attached hydrogen (secondary N) is 1. The predicted octanol–water partition coefficient (Wildman–Crippen LogP) is 6.91. The van der Waals surface area contributed by atoms with Gasteiger partial charge in [0.15, 0.2) is 5.78 Å². The Kier molecular flexibility index (Phi) is 7.89. The molecule has 6 nitrogen and oxygen atoms in total. The van der Waals surface area contributed by atoms with Gasteiger partial charge < -0.3 is 14.8 Å². The lowest BCUT2D eigenvalue weighted by atomic mass is 9.33. The second-order valence-corrected chi connectivity index (χ2v) is 16.7. The highest BCUT2D eigenvalue weighted by atomic mass is 16.5. The number of allylic oxidation sites excluding steroid dienone is 2. The number of Topliss-reactive ketones (excluding diaryl/α,β-unsaturated/α-hetero) is 1. The van der Waals surface area contributed by atoms with Gasteiger partial charge in [0.1, 0.15) is 0 Å². The van der Waals surface area contributed by atoms with Crippen LogP contribution < -0.4 is 5.32 Å². The van der Waals surface area contributed by atoms with Crippen molar-refractivity contribution in [3.63, 3.8) is 0 Å². The number of hydrogen-bond acceptors (Lipinski definition) is 5. The number of amides is 1. The molecule has 5 rings (SSSR count). The zero-order valence-corrected chi connectivity index (χ0v) is 27.9. The SMILES string of the molecule is CCOCCNC(=O)C1C[C@@]2(C)C(CC[C@]3(C)C2CC=C2C4CC(C)(C)CC[C@]4(C(=O)OC)CC[C@]23C)C(C)(C)C1=O. The van der Waals surface area contributed by atoms with Crippen molar-refractivity contribution in [1.29, 1.82) is 0 Å². The first-order valence-electron chi connectivity index (χ1n) is 16.7. The fraction of sp³-hybridized carbons (Fsp3) is 0.861. The molecule has 1 N–H and O–H groups in total. The van der Waals surface area contributed by atoms with Crippen LogP contribution in [0.25, 0.3) is 0 Å². The van der Waals surface area contributed by atoms with Crippen LogP contribution in [0.15, 0.2) is 11.6 Å². The van der Waals surface area contributed by atoms with Crippen LogP contribution in [-0.4, -0.2) is 44.5 Å². The highest BCUT2D eigenvalue weighted by Crippen LogP contribution is 2.75. The summed E-state index contributed by atoms with van der Waals surface area (Å²) in [7, 11) is 1.56. The Morgan fingerprint density at radius 2 is 1.64 bits per heavy atom. The van der Waals surface area contributed by atoms with Crippen LogP contribution in [0, 0.1) is 56.2 Å². The van der Waals surface area contributed by atoms with Crippen molar-refractivity contribution in [3.8, 4) is 0 Å². The number of ether oxygens (including phenoxy) is 2. The number of ketones is 1. The summed E-state index contributed by atoms with van der Waals surface area (Å²) in [6.45, 7) is 19.8. The number of rotatable bonds is 6. The van der Waals surface area contributed by atoms with E-state index in [2.05, 4.69) is 59.9 Å². The first-order chi connectivity index (χ1) is 19.5. The predicted molar refractivity (Wildman–Crippen MR) is 164 cm³/mol. The number of methoxy groups -OCH3 is 1. The van der Waals surface area contributed by atoms with Gasteiger partial charge >= 0.3 is 5.97 Å². The maximum absolute atomic E-state index is 13.9.